The lowest BCUT2D eigenvalue weighted by molar-refractivity contribution is -0.136. The second kappa shape index (κ2) is 6.48. The number of para-hydroxylation sites is 1. The summed E-state index contributed by atoms with van der Waals surface area (Å²) in [6.45, 7) is 0.246. The van der Waals surface area contributed by atoms with Crippen molar-refractivity contribution < 1.29 is 18.0 Å². The van der Waals surface area contributed by atoms with Crippen LogP contribution in [0.3, 0.4) is 0 Å². The van der Waals surface area contributed by atoms with Crippen molar-refractivity contribution in [3.8, 4) is 0 Å². The Morgan fingerprint density at radius 3 is 2.62 bits per heavy atom. The number of hydrogen-bond donors (Lipinski definition) is 2. The molecule has 0 bridgehead atoms. The van der Waals surface area contributed by atoms with Gasteiger partial charge in [0.05, 0.1) is 17.8 Å². The SMILES string of the molecule is O=C(NCc1cc(Br)cs1)Nc1ccccc1C(F)(F)F. The van der Waals surface area contributed by atoms with Gasteiger partial charge in [0.1, 0.15) is 0 Å². The Kier molecular flexibility index (Phi) is 4.89. The van der Waals surface area contributed by atoms with Gasteiger partial charge >= 0.3 is 12.2 Å². The standard InChI is InChI=1S/C13H10BrF3N2OS/c14-8-5-9(21-7-8)6-18-12(20)19-11-4-2-1-3-10(11)13(15,16)17/h1-5,7H,6H2,(H2,18,19,20). The molecule has 1 aromatic heterocycles. The highest BCUT2D eigenvalue weighted by molar-refractivity contribution is 9.10. The summed E-state index contributed by atoms with van der Waals surface area (Å²) in [6, 6.07) is 5.98. The summed E-state index contributed by atoms with van der Waals surface area (Å²) >= 11 is 4.72. The largest absolute Gasteiger partial charge is 0.418 e. The predicted octanol–water partition coefficient (Wildman–Crippen LogP) is 4.85. The first kappa shape index (κ1) is 15.8. The van der Waals surface area contributed by atoms with E-state index in [9.17, 15) is 18.0 Å². The minimum absolute atomic E-state index is 0.246. The molecule has 0 aliphatic rings. The highest BCUT2D eigenvalue weighted by atomic mass is 79.9. The van der Waals surface area contributed by atoms with Crippen molar-refractivity contribution in [2.24, 2.45) is 0 Å². The number of carbonyl (C=O) groups is 1. The second-order valence-corrected chi connectivity index (χ2v) is 5.99. The molecule has 0 atom stereocenters. The average molecular weight is 379 g/mol. The van der Waals surface area contributed by atoms with Crippen molar-refractivity contribution in [1.29, 1.82) is 0 Å². The molecule has 0 aliphatic heterocycles. The van der Waals surface area contributed by atoms with Crippen molar-refractivity contribution in [1.82, 2.24) is 5.32 Å². The number of hydrogen-bond acceptors (Lipinski definition) is 2. The molecular weight excluding hydrogens is 369 g/mol. The Morgan fingerprint density at radius 2 is 2.00 bits per heavy atom. The molecule has 8 heteroatoms. The maximum atomic E-state index is 12.8. The van der Waals surface area contributed by atoms with Crippen LogP contribution in [0, 0.1) is 0 Å². The van der Waals surface area contributed by atoms with Crippen molar-refractivity contribution in [3.63, 3.8) is 0 Å². The lowest BCUT2D eigenvalue weighted by atomic mass is 10.1. The number of benzene rings is 1. The maximum absolute atomic E-state index is 12.8. The Hall–Kier alpha value is -1.54. The number of rotatable bonds is 3. The summed E-state index contributed by atoms with van der Waals surface area (Å²) < 4.78 is 39.2. The van der Waals surface area contributed by atoms with Gasteiger partial charge in [-0.1, -0.05) is 12.1 Å². The normalized spacial score (nSPS) is 11.2. The van der Waals surface area contributed by atoms with Crippen LogP contribution in [-0.4, -0.2) is 6.03 Å². The van der Waals surface area contributed by atoms with E-state index in [0.29, 0.717) is 0 Å². The van der Waals surface area contributed by atoms with Crippen LogP contribution in [0.25, 0.3) is 0 Å². The molecular formula is C13H10BrF3N2OS. The van der Waals surface area contributed by atoms with Crippen LogP contribution in [0.1, 0.15) is 10.4 Å². The fourth-order valence-corrected chi connectivity index (χ4v) is 3.01. The van der Waals surface area contributed by atoms with Gasteiger partial charge in [0.2, 0.25) is 0 Å². The maximum Gasteiger partial charge on any atom is 0.418 e. The van der Waals surface area contributed by atoms with E-state index >= 15 is 0 Å². The molecule has 2 amide bonds. The van der Waals surface area contributed by atoms with Crippen LogP contribution in [0.5, 0.6) is 0 Å². The number of anilines is 1. The van der Waals surface area contributed by atoms with Crippen molar-refractivity contribution in [2.75, 3.05) is 5.32 Å². The highest BCUT2D eigenvalue weighted by Crippen LogP contribution is 2.34. The summed E-state index contributed by atoms with van der Waals surface area (Å²) in [5.41, 5.74) is -1.14. The first-order valence-electron chi connectivity index (χ1n) is 5.80. The van der Waals surface area contributed by atoms with E-state index in [1.165, 1.54) is 29.5 Å². The van der Waals surface area contributed by atoms with Gasteiger partial charge in [-0.15, -0.1) is 11.3 Å². The van der Waals surface area contributed by atoms with Gasteiger partial charge in [0, 0.05) is 14.7 Å². The minimum Gasteiger partial charge on any atom is -0.333 e. The minimum atomic E-state index is -4.51. The summed E-state index contributed by atoms with van der Waals surface area (Å²) in [5, 5.41) is 6.58. The number of amides is 2. The van der Waals surface area contributed by atoms with Gasteiger partial charge in [-0.05, 0) is 34.1 Å². The van der Waals surface area contributed by atoms with E-state index in [2.05, 4.69) is 26.6 Å². The van der Waals surface area contributed by atoms with Gasteiger partial charge < -0.3 is 10.6 Å². The zero-order chi connectivity index (χ0) is 15.5. The Balaban J connectivity index is 2.00. The van der Waals surface area contributed by atoms with Gasteiger partial charge in [-0.3, -0.25) is 0 Å². The van der Waals surface area contributed by atoms with E-state index in [-0.39, 0.29) is 12.2 Å². The zero-order valence-corrected chi connectivity index (χ0v) is 12.9. The second-order valence-electron chi connectivity index (χ2n) is 4.08. The Bertz CT molecular complexity index is 642. The Morgan fingerprint density at radius 1 is 1.29 bits per heavy atom. The topological polar surface area (TPSA) is 41.1 Å². The fraction of sp³-hybridized carbons (Fsp3) is 0.154. The van der Waals surface area contributed by atoms with Crippen LogP contribution in [0.15, 0.2) is 40.2 Å². The van der Waals surface area contributed by atoms with E-state index in [0.717, 1.165) is 15.4 Å². The monoisotopic (exact) mass is 378 g/mol. The van der Waals surface area contributed by atoms with E-state index < -0.39 is 17.8 Å². The lowest BCUT2D eigenvalue weighted by Crippen LogP contribution is -2.28. The fourth-order valence-electron chi connectivity index (χ4n) is 1.62. The van der Waals surface area contributed by atoms with Crippen LogP contribution >= 0.6 is 27.3 Å². The molecule has 0 spiro atoms. The molecule has 0 saturated heterocycles. The molecule has 3 nitrogen and oxygen atoms in total. The van der Waals surface area contributed by atoms with Gasteiger partial charge in [-0.25, -0.2) is 4.79 Å². The van der Waals surface area contributed by atoms with Crippen LogP contribution in [-0.2, 0) is 12.7 Å². The summed E-state index contributed by atoms with van der Waals surface area (Å²) in [4.78, 5) is 12.6. The Labute approximate surface area is 131 Å². The molecule has 0 unspecified atom stereocenters. The summed E-state index contributed by atoms with van der Waals surface area (Å²) in [5.74, 6) is 0. The molecule has 112 valence electrons. The predicted molar refractivity (Wildman–Crippen MR) is 79.3 cm³/mol. The number of halogens is 4. The molecule has 2 N–H and O–H groups in total. The summed E-state index contributed by atoms with van der Waals surface area (Å²) in [6.07, 6.45) is -4.51. The zero-order valence-electron chi connectivity index (χ0n) is 10.5. The molecule has 1 aromatic carbocycles. The van der Waals surface area contributed by atoms with E-state index in [1.54, 1.807) is 0 Å². The van der Waals surface area contributed by atoms with Gasteiger partial charge in [0.15, 0.2) is 0 Å². The molecule has 0 fully saturated rings. The smallest absolute Gasteiger partial charge is 0.333 e. The average Bonchev–Trinajstić information content (AvgIpc) is 2.82. The number of thiophene rings is 1. The third-order valence-corrected chi connectivity index (χ3v) is 4.22. The third-order valence-electron chi connectivity index (χ3n) is 2.53. The quantitative estimate of drug-likeness (QED) is 0.787. The van der Waals surface area contributed by atoms with Gasteiger partial charge in [0.25, 0.3) is 0 Å². The highest BCUT2D eigenvalue weighted by Gasteiger charge is 2.33. The van der Waals surface area contributed by atoms with Crippen molar-refractivity contribution in [3.05, 3.63) is 50.6 Å². The summed E-state index contributed by atoms with van der Waals surface area (Å²) in [7, 11) is 0. The molecule has 1 heterocycles. The van der Waals surface area contributed by atoms with Gasteiger partial charge in [-0.2, -0.15) is 13.2 Å². The molecule has 0 radical (unpaired) electrons. The molecule has 21 heavy (non-hydrogen) atoms. The van der Waals surface area contributed by atoms with Crippen molar-refractivity contribution in [2.45, 2.75) is 12.7 Å². The number of urea groups is 1. The number of carbonyl (C=O) groups excluding carboxylic acids is 1. The van der Waals surface area contributed by atoms with Crippen LogP contribution < -0.4 is 10.6 Å². The third kappa shape index (κ3) is 4.47. The lowest BCUT2D eigenvalue weighted by Gasteiger charge is -2.13. The molecule has 0 saturated carbocycles. The first-order valence-corrected chi connectivity index (χ1v) is 7.47. The molecule has 2 rings (SSSR count). The van der Waals surface area contributed by atoms with E-state index in [1.807, 2.05) is 11.4 Å². The van der Waals surface area contributed by atoms with E-state index in [4.69, 9.17) is 0 Å². The number of nitrogens with one attached hydrogen (secondary N) is 2. The van der Waals surface area contributed by atoms with Crippen molar-refractivity contribution >= 4 is 39.0 Å². The van der Waals surface area contributed by atoms with Crippen LogP contribution in [0.4, 0.5) is 23.7 Å². The molecule has 0 aliphatic carbocycles. The number of alkyl halides is 3. The first-order chi connectivity index (χ1) is 9.86. The molecule has 2 aromatic rings. The van der Waals surface area contributed by atoms with Crippen LogP contribution in [0.2, 0.25) is 0 Å².